The van der Waals surface area contributed by atoms with Crippen LogP contribution in [0.3, 0.4) is 0 Å². The monoisotopic (exact) mass is 369 g/mol. The molecule has 1 aromatic carbocycles. The molecule has 0 unspecified atom stereocenters. The number of piperidine rings is 1. The SMILES string of the molecule is CNc1nccc(N2CCC(CC(=O)NCc3ccc(OC)cc3)CC2)n1. The van der Waals surface area contributed by atoms with Crippen molar-refractivity contribution in [3.05, 3.63) is 42.1 Å². The van der Waals surface area contributed by atoms with E-state index in [9.17, 15) is 4.79 Å². The predicted octanol–water partition coefficient (Wildman–Crippen LogP) is 2.45. The second-order valence-electron chi connectivity index (χ2n) is 6.75. The van der Waals surface area contributed by atoms with E-state index in [0.717, 1.165) is 43.1 Å². The van der Waals surface area contributed by atoms with Crippen molar-refractivity contribution in [3.63, 3.8) is 0 Å². The van der Waals surface area contributed by atoms with Gasteiger partial charge < -0.3 is 20.3 Å². The van der Waals surface area contributed by atoms with Gasteiger partial charge in [-0.1, -0.05) is 12.1 Å². The van der Waals surface area contributed by atoms with Crippen molar-refractivity contribution in [2.45, 2.75) is 25.8 Å². The van der Waals surface area contributed by atoms with E-state index in [-0.39, 0.29) is 5.91 Å². The average molecular weight is 369 g/mol. The van der Waals surface area contributed by atoms with Gasteiger partial charge in [0, 0.05) is 39.3 Å². The highest BCUT2D eigenvalue weighted by Gasteiger charge is 2.22. The number of amides is 1. The lowest BCUT2D eigenvalue weighted by Gasteiger charge is -2.32. The third-order valence-electron chi connectivity index (χ3n) is 4.93. The molecule has 1 aliphatic heterocycles. The number of carbonyl (C=O) groups is 1. The molecule has 0 atom stereocenters. The summed E-state index contributed by atoms with van der Waals surface area (Å²) in [6, 6.07) is 9.69. The summed E-state index contributed by atoms with van der Waals surface area (Å²) in [5.74, 6) is 2.93. The van der Waals surface area contributed by atoms with Gasteiger partial charge in [-0.3, -0.25) is 4.79 Å². The highest BCUT2D eigenvalue weighted by molar-refractivity contribution is 5.76. The van der Waals surface area contributed by atoms with Crippen LogP contribution in [-0.4, -0.2) is 43.1 Å². The molecule has 0 spiro atoms. The van der Waals surface area contributed by atoms with E-state index in [1.807, 2.05) is 37.4 Å². The average Bonchev–Trinajstić information content (AvgIpc) is 2.73. The number of anilines is 2. The summed E-state index contributed by atoms with van der Waals surface area (Å²) in [5, 5.41) is 5.99. The Balaban J connectivity index is 1.42. The molecule has 144 valence electrons. The molecular weight excluding hydrogens is 342 g/mol. The van der Waals surface area contributed by atoms with E-state index in [1.54, 1.807) is 13.3 Å². The molecule has 0 saturated carbocycles. The maximum atomic E-state index is 12.3. The number of carbonyl (C=O) groups excluding carboxylic acids is 1. The molecule has 1 aromatic heterocycles. The quantitative estimate of drug-likeness (QED) is 0.780. The summed E-state index contributed by atoms with van der Waals surface area (Å²) < 4.78 is 5.15. The Morgan fingerprint density at radius 3 is 2.63 bits per heavy atom. The lowest BCUT2D eigenvalue weighted by Crippen LogP contribution is -2.36. The minimum atomic E-state index is 0.115. The fraction of sp³-hybridized carbons (Fsp3) is 0.450. The standard InChI is InChI=1S/C20H27N5O2/c1-21-20-22-10-7-18(24-20)25-11-8-15(9-12-25)13-19(26)23-14-16-3-5-17(27-2)6-4-16/h3-7,10,15H,8-9,11-14H2,1-2H3,(H,23,26)(H,21,22,24). The fourth-order valence-corrected chi connectivity index (χ4v) is 3.29. The highest BCUT2D eigenvalue weighted by Crippen LogP contribution is 2.24. The third kappa shape index (κ3) is 5.32. The number of hydrogen-bond donors (Lipinski definition) is 2. The molecule has 7 nitrogen and oxygen atoms in total. The van der Waals surface area contributed by atoms with E-state index in [2.05, 4.69) is 25.5 Å². The number of nitrogens with one attached hydrogen (secondary N) is 2. The number of hydrogen-bond acceptors (Lipinski definition) is 6. The number of methoxy groups -OCH3 is 1. The van der Waals surface area contributed by atoms with Gasteiger partial charge in [0.2, 0.25) is 11.9 Å². The van der Waals surface area contributed by atoms with Gasteiger partial charge in [0.15, 0.2) is 0 Å². The Morgan fingerprint density at radius 1 is 1.22 bits per heavy atom. The number of benzene rings is 1. The van der Waals surface area contributed by atoms with Crippen LogP contribution in [-0.2, 0) is 11.3 Å². The summed E-state index contributed by atoms with van der Waals surface area (Å²) in [5.41, 5.74) is 1.07. The minimum absolute atomic E-state index is 0.115. The third-order valence-corrected chi connectivity index (χ3v) is 4.93. The van der Waals surface area contributed by atoms with E-state index in [4.69, 9.17) is 4.74 Å². The Bertz CT molecular complexity index is 742. The Kier molecular flexibility index (Phi) is 6.46. The van der Waals surface area contributed by atoms with Gasteiger partial charge in [-0.25, -0.2) is 4.98 Å². The Morgan fingerprint density at radius 2 is 1.96 bits per heavy atom. The van der Waals surface area contributed by atoms with Gasteiger partial charge >= 0.3 is 0 Å². The first-order valence-corrected chi connectivity index (χ1v) is 9.33. The molecule has 1 saturated heterocycles. The molecule has 3 rings (SSSR count). The van der Waals surface area contributed by atoms with E-state index >= 15 is 0 Å². The van der Waals surface area contributed by atoms with Crippen molar-refractivity contribution in [2.75, 3.05) is 37.5 Å². The largest absolute Gasteiger partial charge is 0.497 e. The molecule has 2 N–H and O–H groups in total. The topological polar surface area (TPSA) is 79.4 Å². The smallest absolute Gasteiger partial charge is 0.224 e. The van der Waals surface area contributed by atoms with Crippen LogP contribution < -0.4 is 20.3 Å². The normalized spacial score (nSPS) is 14.7. The van der Waals surface area contributed by atoms with Gasteiger partial charge in [0.1, 0.15) is 11.6 Å². The first-order chi connectivity index (χ1) is 13.2. The van der Waals surface area contributed by atoms with Crippen LogP contribution >= 0.6 is 0 Å². The van der Waals surface area contributed by atoms with Crippen molar-refractivity contribution in [1.29, 1.82) is 0 Å². The number of rotatable bonds is 7. The van der Waals surface area contributed by atoms with Crippen LogP contribution in [0, 0.1) is 5.92 Å². The summed E-state index contributed by atoms with van der Waals surface area (Å²) >= 11 is 0. The van der Waals surface area contributed by atoms with Gasteiger partial charge in [-0.15, -0.1) is 0 Å². The maximum absolute atomic E-state index is 12.3. The molecule has 0 radical (unpaired) electrons. The van der Waals surface area contributed by atoms with Gasteiger partial charge in [0.25, 0.3) is 0 Å². The molecular formula is C20H27N5O2. The first-order valence-electron chi connectivity index (χ1n) is 9.33. The van der Waals surface area contributed by atoms with E-state index in [1.165, 1.54) is 0 Å². The van der Waals surface area contributed by atoms with Crippen LogP contribution in [0.4, 0.5) is 11.8 Å². The highest BCUT2D eigenvalue weighted by atomic mass is 16.5. The predicted molar refractivity (Wildman–Crippen MR) is 106 cm³/mol. The van der Waals surface area contributed by atoms with Crippen molar-refractivity contribution < 1.29 is 9.53 Å². The first kappa shape index (κ1) is 18.9. The molecule has 1 fully saturated rings. The molecule has 1 amide bonds. The van der Waals surface area contributed by atoms with E-state index < -0.39 is 0 Å². The van der Waals surface area contributed by atoms with Gasteiger partial charge in [-0.05, 0) is 42.5 Å². The Hall–Kier alpha value is -2.83. The minimum Gasteiger partial charge on any atom is -0.497 e. The molecule has 2 heterocycles. The molecule has 0 aliphatic carbocycles. The van der Waals surface area contributed by atoms with Gasteiger partial charge in [0.05, 0.1) is 7.11 Å². The maximum Gasteiger partial charge on any atom is 0.224 e. The summed E-state index contributed by atoms with van der Waals surface area (Å²) in [7, 11) is 3.46. The van der Waals surface area contributed by atoms with Crippen LogP contribution in [0.25, 0.3) is 0 Å². The number of ether oxygens (including phenoxy) is 1. The number of aromatic nitrogens is 2. The van der Waals surface area contributed by atoms with Crippen LogP contribution in [0.1, 0.15) is 24.8 Å². The lowest BCUT2D eigenvalue weighted by atomic mass is 9.93. The molecule has 0 bridgehead atoms. The van der Waals surface area contributed by atoms with Crippen molar-refractivity contribution in [2.24, 2.45) is 5.92 Å². The zero-order valence-electron chi connectivity index (χ0n) is 15.9. The molecule has 7 heteroatoms. The van der Waals surface area contributed by atoms with Crippen molar-refractivity contribution >= 4 is 17.7 Å². The number of nitrogens with zero attached hydrogens (tertiary/aromatic N) is 3. The zero-order valence-corrected chi connectivity index (χ0v) is 15.9. The van der Waals surface area contributed by atoms with Crippen LogP contribution in [0.15, 0.2) is 36.5 Å². The van der Waals surface area contributed by atoms with Crippen molar-refractivity contribution in [3.8, 4) is 5.75 Å². The lowest BCUT2D eigenvalue weighted by molar-refractivity contribution is -0.122. The van der Waals surface area contributed by atoms with Gasteiger partial charge in [-0.2, -0.15) is 4.98 Å². The molecule has 1 aliphatic rings. The second-order valence-corrected chi connectivity index (χ2v) is 6.75. The van der Waals surface area contributed by atoms with Crippen LogP contribution in [0.5, 0.6) is 5.75 Å². The summed E-state index contributed by atoms with van der Waals surface area (Å²) in [6.45, 7) is 2.38. The van der Waals surface area contributed by atoms with Crippen molar-refractivity contribution in [1.82, 2.24) is 15.3 Å². The van der Waals surface area contributed by atoms with E-state index in [0.29, 0.717) is 24.8 Å². The summed E-state index contributed by atoms with van der Waals surface area (Å²) in [6.07, 6.45) is 4.34. The second kappa shape index (κ2) is 9.21. The Labute approximate surface area is 160 Å². The van der Waals surface area contributed by atoms with Crippen LogP contribution in [0.2, 0.25) is 0 Å². The summed E-state index contributed by atoms with van der Waals surface area (Å²) in [4.78, 5) is 23.2. The fourth-order valence-electron chi connectivity index (χ4n) is 3.29. The molecule has 2 aromatic rings. The molecule has 27 heavy (non-hydrogen) atoms. The zero-order chi connectivity index (χ0) is 19.1.